The van der Waals surface area contributed by atoms with E-state index >= 15 is 0 Å². The number of rotatable bonds is 11. The van der Waals surface area contributed by atoms with Gasteiger partial charge in [0.15, 0.2) is 0 Å². The maximum absolute atomic E-state index is 12.0. The van der Waals surface area contributed by atoms with Crippen molar-refractivity contribution in [3.63, 3.8) is 0 Å². The Kier molecular flexibility index (Phi) is 23.6. The molecule has 14 nitrogen and oxygen atoms in total. The third-order valence-electron chi connectivity index (χ3n) is 9.67. The first-order valence-corrected chi connectivity index (χ1v) is 20.7. The minimum absolute atomic E-state index is 0. The van der Waals surface area contributed by atoms with E-state index in [0.717, 1.165) is 66.7 Å². The van der Waals surface area contributed by atoms with E-state index in [-0.39, 0.29) is 84.8 Å². The molecule has 0 aromatic heterocycles. The first-order valence-electron chi connectivity index (χ1n) is 19.1. The Morgan fingerprint density at radius 2 is 1.06 bits per heavy atom. The van der Waals surface area contributed by atoms with Gasteiger partial charge in [0.1, 0.15) is 0 Å². The normalized spacial score (nSPS) is 15.2. The number of fused-ring (bicyclic) bond motifs is 2. The summed E-state index contributed by atoms with van der Waals surface area (Å²) in [5.41, 5.74) is 7.97. The van der Waals surface area contributed by atoms with Crippen molar-refractivity contribution in [1.82, 2.24) is 20.4 Å². The number of aliphatic carboxylic acids is 1. The molecule has 0 aliphatic carbocycles. The van der Waals surface area contributed by atoms with Gasteiger partial charge < -0.3 is 51.5 Å². The zero-order valence-electron chi connectivity index (χ0n) is 35.2. The molecule has 0 bridgehead atoms. The summed E-state index contributed by atoms with van der Waals surface area (Å²) < 4.78 is 4.83. The van der Waals surface area contributed by atoms with Crippen LogP contribution in [0.15, 0.2) is 72.8 Å². The van der Waals surface area contributed by atoms with Gasteiger partial charge in [-0.1, -0.05) is 70.7 Å². The van der Waals surface area contributed by atoms with Gasteiger partial charge in [-0.15, -0.1) is 0 Å². The van der Waals surface area contributed by atoms with Crippen LogP contribution in [0.1, 0.15) is 65.0 Å². The maximum atomic E-state index is 12.0. The number of anilines is 2. The summed E-state index contributed by atoms with van der Waals surface area (Å²) in [5.74, 6) is -1.02. The number of carboxylic acids is 1. The van der Waals surface area contributed by atoms with E-state index in [1.807, 2.05) is 60.7 Å². The number of aliphatic hydroxyl groups excluding tert-OH is 1. The summed E-state index contributed by atoms with van der Waals surface area (Å²) in [6.07, 6.45) is 0.0198. The van der Waals surface area contributed by atoms with Crippen molar-refractivity contribution < 1.29 is 69.2 Å². The predicted octanol–water partition coefficient (Wildman–Crippen LogP) is 5.25. The molecule has 330 valence electrons. The number of urea groups is 2. The van der Waals surface area contributed by atoms with Gasteiger partial charge in [-0.05, 0) is 103 Å². The number of hydrogen-bond donors (Lipinski definition) is 6. The van der Waals surface area contributed by atoms with Gasteiger partial charge in [0, 0.05) is 89.7 Å². The number of nitrogens with zero attached hydrogens (tertiary/aromatic N) is 2. The number of benzene rings is 4. The molecule has 2 unspecified atom stereocenters. The van der Waals surface area contributed by atoms with Gasteiger partial charge in [-0.2, -0.15) is 0 Å². The van der Waals surface area contributed by atoms with Crippen LogP contribution in [0.25, 0.3) is 0 Å². The fourth-order valence-electron chi connectivity index (χ4n) is 7.00. The number of amides is 4. The molecule has 0 spiro atoms. The number of likely N-dealkylation sites (N-methyl/N-ethyl adjacent to an activating group) is 2. The van der Waals surface area contributed by atoms with Crippen molar-refractivity contribution in [3.8, 4) is 0 Å². The Morgan fingerprint density at radius 3 is 1.44 bits per heavy atom. The van der Waals surface area contributed by atoms with Crippen molar-refractivity contribution in [2.24, 2.45) is 0 Å². The molecule has 2 aliphatic heterocycles. The minimum atomic E-state index is -0.956. The summed E-state index contributed by atoms with van der Waals surface area (Å²) in [6.45, 7) is 5.62. The van der Waals surface area contributed by atoms with E-state index in [0.29, 0.717) is 38.1 Å². The number of hydrogen-bond acceptors (Lipinski definition) is 9. The number of carbonyl (C=O) groups excluding carboxylic acids is 3. The molecule has 7 N–H and O–H groups in total. The number of aliphatic hydroxyl groups is 1. The Balaban J connectivity index is 0.000000399. The first kappa shape index (κ1) is 54.5. The summed E-state index contributed by atoms with van der Waals surface area (Å²) >= 11 is 25.3. The second-order valence-corrected chi connectivity index (χ2v) is 15.8. The second kappa shape index (κ2) is 26.9. The number of carboxylic acid groups (broad SMARTS) is 1. The van der Waals surface area contributed by atoms with Crippen LogP contribution in [-0.2, 0) is 27.4 Å². The third-order valence-corrected chi connectivity index (χ3v) is 10.8. The maximum Gasteiger partial charge on any atom is 1.00 e. The van der Waals surface area contributed by atoms with Crippen molar-refractivity contribution in [1.29, 1.82) is 0 Å². The minimum Gasteiger partial charge on any atom is -0.870 e. The molecular weight excluding hydrogens is 893 g/mol. The third kappa shape index (κ3) is 16.2. The van der Waals surface area contributed by atoms with Crippen LogP contribution >= 0.6 is 46.4 Å². The van der Waals surface area contributed by atoms with E-state index in [1.165, 1.54) is 0 Å². The molecule has 4 aromatic rings. The molecule has 6 rings (SSSR count). The number of esters is 1. The molecular formula is C43H51Cl4N6NaO8. The zero-order chi connectivity index (χ0) is 43.9. The van der Waals surface area contributed by atoms with E-state index in [9.17, 15) is 19.2 Å². The predicted molar refractivity (Wildman–Crippen MR) is 240 cm³/mol. The second-order valence-electron chi connectivity index (χ2n) is 14.1. The van der Waals surface area contributed by atoms with Gasteiger partial charge in [0.2, 0.25) is 0 Å². The Labute approximate surface area is 404 Å². The van der Waals surface area contributed by atoms with Crippen molar-refractivity contribution in [2.75, 3.05) is 64.6 Å². The van der Waals surface area contributed by atoms with Crippen LogP contribution in [0.5, 0.6) is 0 Å². The molecule has 62 heavy (non-hydrogen) atoms. The topological polar surface area (TPSA) is 203 Å². The summed E-state index contributed by atoms with van der Waals surface area (Å²) in [6, 6.07) is 22.0. The SMILES string of the molecule is CCOC(=O)CCNC(=O)Nc1ccc(C2CN(C)Cc3c(Cl)cc(Cl)cc32)cc1.CN1Cc2c(Cl)cc(Cl)cc2C(c2ccc(NC(=O)NCCC(=O)O)cc2)C1.CO.[Na+].[OH-]. The number of halogens is 4. The standard InChI is InChI=1S/C22H25Cl2N3O3.C20H21Cl2N3O3.CH4O.Na.H2O/c1-3-30-21(28)8-9-25-22(29)26-16-6-4-14(5-7-16)18-12-27(2)13-19-17(18)10-15(23)11-20(19)24;1-25-10-16(15-8-13(21)9-18(22)17(15)11-25)12-2-4-14(5-3-12)24-20(28)23-7-6-19(26)27;1-2;;/h4-7,10-11,18H,3,8-9,12-13H2,1-2H3,(H2,25,26,29);2-5,8-9,16H,6-7,10-11H2,1H3,(H,26,27)(H2,23,24,28);2H,1H3;;1H2/q;;;+1;/p-1. The van der Waals surface area contributed by atoms with Crippen LogP contribution in [0.4, 0.5) is 21.0 Å². The van der Waals surface area contributed by atoms with Crippen LogP contribution < -0.4 is 50.8 Å². The Bertz CT molecular complexity index is 2120. The van der Waals surface area contributed by atoms with Crippen LogP contribution in [0.3, 0.4) is 0 Å². The van der Waals surface area contributed by atoms with Crippen LogP contribution in [-0.4, -0.2) is 103 Å². The zero-order valence-corrected chi connectivity index (χ0v) is 40.3. The van der Waals surface area contributed by atoms with E-state index in [2.05, 4.69) is 45.2 Å². The monoisotopic (exact) mass is 942 g/mol. The quantitative estimate of drug-likeness (QED) is 0.0853. The van der Waals surface area contributed by atoms with Gasteiger partial charge in [0.05, 0.1) is 19.4 Å². The molecule has 2 aliphatic rings. The molecule has 2 heterocycles. The van der Waals surface area contributed by atoms with Gasteiger partial charge in [-0.3, -0.25) is 9.59 Å². The molecule has 0 saturated carbocycles. The molecule has 4 amide bonds. The van der Waals surface area contributed by atoms with Crippen molar-refractivity contribution >= 4 is 81.8 Å². The summed E-state index contributed by atoms with van der Waals surface area (Å²) in [4.78, 5) is 50.1. The summed E-state index contributed by atoms with van der Waals surface area (Å²) in [5, 5.41) is 28.8. The average molecular weight is 945 g/mol. The fourth-order valence-corrected chi connectivity index (χ4v) is 8.14. The van der Waals surface area contributed by atoms with Gasteiger partial charge in [-0.25, -0.2) is 9.59 Å². The molecule has 0 radical (unpaired) electrons. The van der Waals surface area contributed by atoms with E-state index in [1.54, 1.807) is 19.1 Å². The number of carbonyl (C=O) groups is 4. The largest absolute Gasteiger partial charge is 1.00 e. The van der Waals surface area contributed by atoms with Crippen LogP contribution in [0, 0.1) is 0 Å². The van der Waals surface area contributed by atoms with Gasteiger partial charge >= 0.3 is 53.6 Å². The van der Waals surface area contributed by atoms with Crippen LogP contribution in [0.2, 0.25) is 20.1 Å². The van der Waals surface area contributed by atoms with Crippen molar-refractivity contribution in [3.05, 3.63) is 126 Å². The van der Waals surface area contributed by atoms with E-state index < -0.39 is 12.0 Å². The summed E-state index contributed by atoms with van der Waals surface area (Å²) in [7, 11) is 5.12. The molecule has 4 aromatic carbocycles. The van der Waals surface area contributed by atoms with Crippen molar-refractivity contribution in [2.45, 2.75) is 44.7 Å². The molecule has 2 atom stereocenters. The van der Waals surface area contributed by atoms with Gasteiger partial charge in [0.25, 0.3) is 0 Å². The number of ether oxygens (including phenoxy) is 1. The Morgan fingerprint density at radius 1 is 0.677 bits per heavy atom. The smallest absolute Gasteiger partial charge is 0.870 e. The number of nitrogens with one attached hydrogen (secondary N) is 4. The molecule has 0 fully saturated rings. The average Bonchev–Trinajstić information content (AvgIpc) is 3.20. The first-order chi connectivity index (χ1) is 28.7. The molecule has 19 heteroatoms. The fraction of sp³-hybridized carbons (Fsp3) is 0.349. The molecule has 0 saturated heterocycles. The Hall–Kier alpha value is -3.64. The van der Waals surface area contributed by atoms with E-state index in [4.69, 9.17) is 61.4 Å².